The van der Waals surface area contributed by atoms with Crippen molar-refractivity contribution in [2.24, 2.45) is 5.92 Å². The molecule has 2 aliphatic heterocycles. The first-order chi connectivity index (χ1) is 12.7. The zero-order valence-corrected chi connectivity index (χ0v) is 15.5. The summed E-state index contributed by atoms with van der Waals surface area (Å²) in [6, 6.07) is 7.21. The normalized spacial score (nSPS) is 21.0. The SMILES string of the molecule is CNCCC1CCN(C(=O)c2cccc(NC(=O)C3CCCO3)c2)CC1. The van der Waals surface area contributed by atoms with Gasteiger partial charge in [0.1, 0.15) is 6.10 Å². The predicted octanol–water partition coefficient (Wildman–Crippen LogP) is 2.27. The molecule has 2 fully saturated rings. The van der Waals surface area contributed by atoms with Crippen molar-refractivity contribution >= 4 is 17.5 Å². The van der Waals surface area contributed by atoms with Crippen LogP contribution in [0.2, 0.25) is 0 Å². The molecular weight excluding hydrogens is 330 g/mol. The van der Waals surface area contributed by atoms with E-state index in [4.69, 9.17) is 4.74 Å². The summed E-state index contributed by atoms with van der Waals surface area (Å²) in [5.41, 5.74) is 1.28. The van der Waals surface area contributed by atoms with E-state index in [2.05, 4.69) is 10.6 Å². The molecule has 1 atom stereocenters. The minimum Gasteiger partial charge on any atom is -0.368 e. The number of nitrogens with one attached hydrogen (secondary N) is 2. The number of hydrogen-bond donors (Lipinski definition) is 2. The lowest BCUT2D eigenvalue weighted by atomic mass is 9.93. The lowest BCUT2D eigenvalue weighted by Gasteiger charge is -2.32. The third-order valence-corrected chi connectivity index (χ3v) is 5.30. The molecule has 0 spiro atoms. The maximum Gasteiger partial charge on any atom is 0.253 e. The molecule has 1 unspecified atom stereocenters. The summed E-state index contributed by atoms with van der Waals surface area (Å²) in [6.45, 7) is 3.28. The minimum atomic E-state index is -0.369. The van der Waals surface area contributed by atoms with Crippen LogP contribution in [0.15, 0.2) is 24.3 Å². The number of piperidine rings is 1. The van der Waals surface area contributed by atoms with E-state index in [9.17, 15) is 9.59 Å². The quantitative estimate of drug-likeness (QED) is 0.817. The van der Waals surface area contributed by atoms with Gasteiger partial charge in [-0.25, -0.2) is 0 Å². The van der Waals surface area contributed by atoms with Crippen molar-refractivity contribution in [1.82, 2.24) is 10.2 Å². The molecule has 0 bridgehead atoms. The standard InChI is InChI=1S/C20H29N3O3/c1-21-10-7-15-8-11-23(12-9-15)20(25)16-4-2-5-17(14-16)22-19(24)18-6-3-13-26-18/h2,4-5,14-15,18,21H,3,6-13H2,1H3,(H,22,24). The molecule has 6 nitrogen and oxygen atoms in total. The number of ether oxygens (including phenoxy) is 1. The number of benzene rings is 1. The van der Waals surface area contributed by atoms with Crippen LogP contribution in [-0.4, -0.2) is 56.1 Å². The zero-order valence-electron chi connectivity index (χ0n) is 15.5. The van der Waals surface area contributed by atoms with Crippen molar-refractivity contribution in [1.29, 1.82) is 0 Å². The van der Waals surface area contributed by atoms with E-state index >= 15 is 0 Å². The number of anilines is 1. The Bertz CT molecular complexity index is 620. The first-order valence-electron chi connectivity index (χ1n) is 9.64. The van der Waals surface area contributed by atoms with Crippen molar-refractivity contribution < 1.29 is 14.3 Å². The van der Waals surface area contributed by atoms with Crippen molar-refractivity contribution in [3.05, 3.63) is 29.8 Å². The maximum absolute atomic E-state index is 12.8. The molecule has 2 saturated heterocycles. The predicted molar refractivity (Wildman–Crippen MR) is 101 cm³/mol. The van der Waals surface area contributed by atoms with Gasteiger partial charge in [0.05, 0.1) is 0 Å². The number of carbonyl (C=O) groups excluding carboxylic acids is 2. The second kappa shape index (κ2) is 9.14. The fourth-order valence-corrected chi connectivity index (χ4v) is 3.69. The highest BCUT2D eigenvalue weighted by Crippen LogP contribution is 2.22. The average molecular weight is 359 g/mol. The second-order valence-electron chi connectivity index (χ2n) is 7.20. The monoisotopic (exact) mass is 359 g/mol. The molecule has 26 heavy (non-hydrogen) atoms. The third kappa shape index (κ3) is 4.83. The van der Waals surface area contributed by atoms with Crippen LogP contribution in [0.1, 0.15) is 42.5 Å². The Morgan fingerprint density at radius 3 is 2.73 bits per heavy atom. The van der Waals surface area contributed by atoms with Crippen molar-refractivity contribution in [2.75, 3.05) is 38.6 Å². The smallest absolute Gasteiger partial charge is 0.253 e. The number of amides is 2. The fourth-order valence-electron chi connectivity index (χ4n) is 3.69. The topological polar surface area (TPSA) is 70.7 Å². The molecule has 0 saturated carbocycles. The summed E-state index contributed by atoms with van der Waals surface area (Å²) >= 11 is 0. The molecule has 2 amide bonds. The van der Waals surface area contributed by atoms with Gasteiger partial charge >= 0.3 is 0 Å². The van der Waals surface area contributed by atoms with E-state index in [1.807, 2.05) is 30.1 Å². The molecule has 0 aromatic heterocycles. The summed E-state index contributed by atoms with van der Waals surface area (Å²) in [5.74, 6) is 0.617. The molecule has 6 heteroatoms. The van der Waals surface area contributed by atoms with Crippen LogP contribution in [0.3, 0.4) is 0 Å². The van der Waals surface area contributed by atoms with Gasteiger partial charge in [0.2, 0.25) is 0 Å². The summed E-state index contributed by atoms with van der Waals surface area (Å²) in [6.07, 6.45) is 4.59. The van der Waals surface area contributed by atoms with E-state index in [0.29, 0.717) is 23.8 Å². The Labute approximate surface area is 155 Å². The van der Waals surface area contributed by atoms with Gasteiger partial charge in [-0.05, 0) is 69.8 Å². The number of likely N-dealkylation sites (tertiary alicyclic amines) is 1. The van der Waals surface area contributed by atoms with Crippen LogP contribution >= 0.6 is 0 Å². The Hall–Kier alpha value is -1.92. The van der Waals surface area contributed by atoms with Gasteiger partial charge in [-0.2, -0.15) is 0 Å². The van der Waals surface area contributed by atoms with E-state index in [-0.39, 0.29) is 17.9 Å². The summed E-state index contributed by atoms with van der Waals surface area (Å²) in [7, 11) is 1.98. The fraction of sp³-hybridized carbons (Fsp3) is 0.600. The van der Waals surface area contributed by atoms with Crippen LogP contribution < -0.4 is 10.6 Å². The molecule has 142 valence electrons. The van der Waals surface area contributed by atoms with Crippen molar-refractivity contribution in [3.8, 4) is 0 Å². The Kier molecular flexibility index (Phi) is 6.63. The van der Waals surface area contributed by atoms with Crippen molar-refractivity contribution in [2.45, 2.75) is 38.2 Å². The Balaban J connectivity index is 1.55. The number of hydrogen-bond acceptors (Lipinski definition) is 4. The first-order valence-corrected chi connectivity index (χ1v) is 9.64. The lowest BCUT2D eigenvalue weighted by Crippen LogP contribution is -2.39. The van der Waals surface area contributed by atoms with Gasteiger partial charge in [0.25, 0.3) is 11.8 Å². The zero-order chi connectivity index (χ0) is 18.4. The molecule has 1 aromatic carbocycles. The number of carbonyl (C=O) groups is 2. The highest BCUT2D eigenvalue weighted by Gasteiger charge is 2.25. The van der Waals surface area contributed by atoms with Gasteiger partial charge in [0, 0.05) is 30.9 Å². The molecule has 0 radical (unpaired) electrons. The van der Waals surface area contributed by atoms with Gasteiger partial charge in [-0.1, -0.05) is 6.07 Å². The number of nitrogens with zero attached hydrogens (tertiary/aromatic N) is 1. The van der Waals surface area contributed by atoms with Crippen LogP contribution in [0, 0.1) is 5.92 Å². The summed E-state index contributed by atoms with van der Waals surface area (Å²) in [5, 5.41) is 6.06. The van der Waals surface area contributed by atoms with Crippen LogP contribution in [0.25, 0.3) is 0 Å². The molecular formula is C20H29N3O3. The van der Waals surface area contributed by atoms with Gasteiger partial charge in [-0.3, -0.25) is 9.59 Å². The van der Waals surface area contributed by atoms with Crippen molar-refractivity contribution in [3.63, 3.8) is 0 Å². The third-order valence-electron chi connectivity index (χ3n) is 5.30. The van der Waals surface area contributed by atoms with Crippen LogP contribution in [-0.2, 0) is 9.53 Å². The highest BCUT2D eigenvalue weighted by atomic mass is 16.5. The largest absolute Gasteiger partial charge is 0.368 e. The molecule has 2 aliphatic rings. The van der Waals surface area contributed by atoms with E-state index < -0.39 is 0 Å². The summed E-state index contributed by atoms with van der Waals surface area (Å²) in [4.78, 5) is 26.9. The second-order valence-corrected chi connectivity index (χ2v) is 7.20. The van der Waals surface area contributed by atoms with Gasteiger partial charge < -0.3 is 20.3 Å². The van der Waals surface area contributed by atoms with E-state index in [1.54, 1.807) is 6.07 Å². The lowest BCUT2D eigenvalue weighted by molar-refractivity contribution is -0.124. The average Bonchev–Trinajstić information content (AvgIpc) is 3.21. The van der Waals surface area contributed by atoms with Gasteiger partial charge in [-0.15, -0.1) is 0 Å². The van der Waals surface area contributed by atoms with E-state index in [1.165, 1.54) is 6.42 Å². The maximum atomic E-state index is 12.8. The van der Waals surface area contributed by atoms with E-state index in [0.717, 1.165) is 45.3 Å². The highest BCUT2D eigenvalue weighted by molar-refractivity contribution is 5.98. The number of rotatable bonds is 6. The Morgan fingerprint density at radius 2 is 2.04 bits per heavy atom. The first kappa shape index (κ1) is 18.9. The van der Waals surface area contributed by atoms with Crippen LogP contribution in [0.4, 0.5) is 5.69 Å². The Morgan fingerprint density at radius 1 is 1.23 bits per heavy atom. The molecule has 3 rings (SSSR count). The molecule has 1 aromatic rings. The van der Waals surface area contributed by atoms with Crippen LogP contribution in [0.5, 0.6) is 0 Å². The summed E-state index contributed by atoms with van der Waals surface area (Å²) < 4.78 is 5.41. The molecule has 0 aliphatic carbocycles. The molecule has 2 heterocycles. The molecule has 2 N–H and O–H groups in total. The minimum absolute atomic E-state index is 0.0466. The van der Waals surface area contributed by atoms with Gasteiger partial charge in [0.15, 0.2) is 0 Å².